The molecule has 0 saturated carbocycles. The third-order valence-corrected chi connectivity index (χ3v) is 11.0. The number of rotatable bonds is 32. The minimum absolute atomic E-state index is 0.527. The van der Waals surface area contributed by atoms with Gasteiger partial charge in [-0.05, 0) is 209 Å². The van der Waals surface area contributed by atoms with Crippen LogP contribution in [0.3, 0.4) is 0 Å². The van der Waals surface area contributed by atoms with Crippen LogP contribution < -0.4 is 0 Å². The van der Waals surface area contributed by atoms with E-state index in [1.807, 2.05) is 0 Å². The van der Waals surface area contributed by atoms with E-state index >= 15 is 0 Å². The molecule has 0 radical (unpaired) electrons. The van der Waals surface area contributed by atoms with Crippen molar-refractivity contribution in [2.24, 2.45) is 23.7 Å². The lowest BCUT2D eigenvalue weighted by Crippen LogP contribution is -1.94. The van der Waals surface area contributed by atoms with Gasteiger partial charge in [0.05, 0.1) is 0 Å². The van der Waals surface area contributed by atoms with E-state index in [0.29, 0.717) is 49.4 Å². The third kappa shape index (κ3) is 60.7. The van der Waals surface area contributed by atoms with E-state index in [1.165, 1.54) is 44.6 Å². The summed E-state index contributed by atoms with van der Waals surface area (Å²) in [6.07, 6.45) is 43.5. The van der Waals surface area contributed by atoms with Gasteiger partial charge in [-0.1, -0.05) is 121 Å². The summed E-state index contributed by atoms with van der Waals surface area (Å²) in [5.41, 5.74) is 11.5. The van der Waals surface area contributed by atoms with Crippen LogP contribution in [0.1, 0.15) is 239 Å². The van der Waals surface area contributed by atoms with E-state index in [-0.39, 0.29) is 0 Å². The molecular formula is C60H104O4. The van der Waals surface area contributed by atoms with Crippen LogP contribution in [-0.2, 0) is 19.2 Å². The molecular weight excluding hydrogens is 785 g/mol. The molecule has 0 aromatic heterocycles. The Morgan fingerprint density at radius 3 is 0.594 bits per heavy atom. The molecule has 4 nitrogen and oxygen atoms in total. The summed E-state index contributed by atoms with van der Waals surface area (Å²) in [6, 6.07) is 0. The minimum atomic E-state index is 0.527. The second-order valence-electron chi connectivity index (χ2n) is 19.8. The first kappa shape index (κ1) is 67.2. The van der Waals surface area contributed by atoms with Crippen LogP contribution >= 0.6 is 0 Å². The van der Waals surface area contributed by atoms with Gasteiger partial charge in [-0.25, -0.2) is 0 Å². The minimum Gasteiger partial charge on any atom is -0.303 e. The molecule has 368 valence electrons. The highest BCUT2D eigenvalue weighted by atomic mass is 16.1. The van der Waals surface area contributed by atoms with Crippen LogP contribution in [0, 0.1) is 23.7 Å². The molecule has 0 aromatic carbocycles. The van der Waals surface area contributed by atoms with Gasteiger partial charge < -0.3 is 19.2 Å². The fourth-order valence-electron chi connectivity index (χ4n) is 6.35. The predicted molar refractivity (Wildman–Crippen MR) is 286 cm³/mol. The lowest BCUT2D eigenvalue weighted by Gasteiger charge is -2.05. The van der Waals surface area contributed by atoms with Crippen LogP contribution in [-0.4, -0.2) is 25.1 Å². The molecule has 0 unspecified atom stereocenters. The van der Waals surface area contributed by atoms with Gasteiger partial charge in [-0.3, -0.25) is 0 Å². The van der Waals surface area contributed by atoms with Gasteiger partial charge in [0.1, 0.15) is 25.1 Å². The summed E-state index contributed by atoms with van der Waals surface area (Å²) in [6.45, 7) is 34.5. The first-order valence-corrected chi connectivity index (χ1v) is 25.1. The van der Waals surface area contributed by atoms with Crippen molar-refractivity contribution in [2.45, 2.75) is 239 Å². The zero-order chi connectivity index (χ0) is 49.6. The molecule has 64 heavy (non-hydrogen) atoms. The van der Waals surface area contributed by atoms with Crippen LogP contribution in [0.25, 0.3) is 0 Å². The number of aldehydes is 4. The topological polar surface area (TPSA) is 68.3 Å². The zero-order valence-electron chi connectivity index (χ0n) is 45.0. The Labute approximate surface area is 398 Å². The number of allylic oxidation sites excluding steroid dienone is 16. The van der Waals surface area contributed by atoms with Crippen molar-refractivity contribution < 1.29 is 19.2 Å². The van der Waals surface area contributed by atoms with E-state index in [4.69, 9.17) is 0 Å². The van der Waals surface area contributed by atoms with Crippen molar-refractivity contribution in [1.29, 1.82) is 0 Å². The lowest BCUT2D eigenvalue weighted by molar-refractivity contribution is -0.109. The highest BCUT2D eigenvalue weighted by Crippen LogP contribution is 2.16. The van der Waals surface area contributed by atoms with Crippen LogP contribution in [0.4, 0.5) is 0 Å². The molecule has 0 aliphatic rings. The van der Waals surface area contributed by atoms with Crippen molar-refractivity contribution in [3.05, 3.63) is 93.2 Å². The monoisotopic (exact) mass is 889 g/mol. The molecule has 0 rings (SSSR count). The summed E-state index contributed by atoms with van der Waals surface area (Å²) in [7, 11) is 0. The maximum absolute atomic E-state index is 10.3. The average Bonchev–Trinajstić information content (AvgIpc) is 3.18. The standard InChI is InChI=1S/4C15H26O/c4*1-13(2)7-5-8-14(3)9-6-10-15(4)11-12-16/h4*7,9,12,15H,5-6,8,10-11H2,1-4H3/b2*14-9+;2*14-9-/t4*15-/m1010/s1. The lowest BCUT2D eigenvalue weighted by atomic mass is 10.0. The molecule has 0 bridgehead atoms. The summed E-state index contributed by atoms with van der Waals surface area (Å²) in [4.78, 5) is 41.2. The van der Waals surface area contributed by atoms with Crippen LogP contribution in [0.5, 0.6) is 0 Å². The largest absolute Gasteiger partial charge is 0.303 e. The van der Waals surface area contributed by atoms with Crippen molar-refractivity contribution in [3.8, 4) is 0 Å². The smallest absolute Gasteiger partial charge is 0.120 e. The maximum Gasteiger partial charge on any atom is 0.120 e. The van der Waals surface area contributed by atoms with Gasteiger partial charge >= 0.3 is 0 Å². The second-order valence-corrected chi connectivity index (χ2v) is 19.8. The summed E-state index contributed by atoms with van der Waals surface area (Å²) >= 11 is 0. The Kier molecular flexibility index (Phi) is 51.5. The molecule has 0 aromatic rings. The van der Waals surface area contributed by atoms with E-state index in [1.54, 1.807) is 0 Å². The first-order valence-electron chi connectivity index (χ1n) is 25.1. The maximum atomic E-state index is 10.3. The van der Waals surface area contributed by atoms with Gasteiger partial charge in [0.25, 0.3) is 0 Å². The van der Waals surface area contributed by atoms with Gasteiger partial charge in [0, 0.05) is 25.7 Å². The SMILES string of the molecule is CC(C)=CCC/C(C)=C/CC[C@@H](C)CC=O.CC(C)=CCC/C(C)=C/CC[C@H](C)CC=O.CC(C)=CCC/C(C)=C\CC[C@@H](C)CC=O.CC(C)=CCC/C(C)=C\CC[C@H](C)CC=O. The zero-order valence-corrected chi connectivity index (χ0v) is 45.0. The number of carbonyl (C=O) groups excluding carboxylic acids is 4. The Morgan fingerprint density at radius 2 is 0.453 bits per heavy atom. The number of carbonyl (C=O) groups is 4. The van der Waals surface area contributed by atoms with Crippen LogP contribution in [0.15, 0.2) is 93.2 Å². The quantitative estimate of drug-likeness (QED) is 0.0498. The summed E-state index contributed by atoms with van der Waals surface area (Å²) in [5.74, 6) is 2.11. The fourth-order valence-corrected chi connectivity index (χ4v) is 6.35. The fraction of sp³-hybridized carbons (Fsp3) is 0.667. The Morgan fingerprint density at radius 1 is 0.281 bits per heavy atom. The molecule has 4 atom stereocenters. The molecule has 0 saturated heterocycles. The molecule has 0 spiro atoms. The van der Waals surface area contributed by atoms with Crippen LogP contribution in [0.2, 0.25) is 0 Å². The molecule has 0 amide bonds. The number of hydrogen-bond donors (Lipinski definition) is 0. The Balaban J connectivity index is -0.000000375. The van der Waals surface area contributed by atoms with Crippen molar-refractivity contribution in [1.82, 2.24) is 0 Å². The van der Waals surface area contributed by atoms with Gasteiger partial charge in [-0.2, -0.15) is 0 Å². The Bertz CT molecular complexity index is 1190. The third-order valence-electron chi connectivity index (χ3n) is 11.0. The summed E-state index contributed by atoms with van der Waals surface area (Å²) in [5, 5.41) is 0. The van der Waals surface area contributed by atoms with Gasteiger partial charge in [0.2, 0.25) is 0 Å². The molecule has 0 aliphatic heterocycles. The van der Waals surface area contributed by atoms with Gasteiger partial charge in [0.15, 0.2) is 0 Å². The first-order chi connectivity index (χ1) is 30.2. The molecule has 0 heterocycles. The second kappa shape index (κ2) is 49.0. The van der Waals surface area contributed by atoms with E-state index in [9.17, 15) is 19.2 Å². The summed E-state index contributed by atoms with van der Waals surface area (Å²) < 4.78 is 0. The van der Waals surface area contributed by atoms with Crippen molar-refractivity contribution in [2.75, 3.05) is 0 Å². The van der Waals surface area contributed by atoms with Crippen molar-refractivity contribution in [3.63, 3.8) is 0 Å². The molecule has 0 N–H and O–H groups in total. The van der Waals surface area contributed by atoms with E-state index < -0.39 is 0 Å². The molecule has 0 fully saturated rings. The highest BCUT2D eigenvalue weighted by molar-refractivity contribution is 5.50. The van der Waals surface area contributed by atoms with E-state index in [2.05, 4.69) is 159 Å². The predicted octanol–water partition coefficient (Wildman–Crippen LogP) is 18.7. The normalized spacial score (nSPS) is 13.4. The van der Waals surface area contributed by atoms with Gasteiger partial charge in [-0.15, -0.1) is 0 Å². The molecule has 4 heteroatoms. The highest BCUT2D eigenvalue weighted by Gasteiger charge is 2.02. The number of hydrogen-bond acceptors (Lipinski definition) is 4. The Hall–Kier alpha value is -3.40. The van der Waals surface area contributed by atoms with Crippen molar-refractivity contribution >= 4 is 25.1 Å². The molecule has 0 aliphatic carbocycles. The average molecular weight is 889 g/mol. The van der Waals surface area contributed by atoms with E-state index in [0.717, 1.165) is 128 Å².